The summed E-state index contributed by atoms with van der Waals surface area (Å²) in [5, 5.41) is 3.70. The normalized spacial score (nSPS) is 23.6. The minimum absolute atomic E-state index is 0.00544. The molecule has 49 heavy (non-hydrogen) atoms. The Labute approximate surface area is 293 Å². The van der Waals surface area contributed by atoms with Crippen LogP contribution in [0.5, 0.6) is 0 Å². The van der Waals surface area contributed by atoms with Crippen LogP contribution in [0.3, 0.4) is 0 Å². The number of methoxy groups -OCH3 is 1. The van der Waals surface area contributed by atoms with E-state index in [2.05, 4.69) is 79.2 Å². The standard InChI is InChI=1S/C39H50N2O6SSi/c1-7-38(47-49(4,5)6,27-46-48(43,44)31-20-18-28(2)19-21-31)25-30-24-32(37(42)45-3)35-39(33-16-11-12-17-34(33)40-35)22-13-23-41(36(30)39)26-29-14-9-8-10-15-29/h8-12,14-21,30,36,40H,7,13,22-27H2,1-6H3/t30-,36-,38+,39-/m1/s1. The highest BCUT2D eigenvalue weighted by molar-refractivity contribution is 7.86. The number of carbonyl (C=O) groups is 1. The highest BCUT2D eigenvalue weighted by Gasteiger charge is 2.60. The topological polar surface area (TPSA) is 94.2 Å². The monoisotopic (exact) mass is 702 g/mol. The Morgan fingerprint density at radius 2 is 1.71 bits per heavy atom. The van der Waals surface area contributed by atoms with E-state index < -0.39 is 29.5 Å². The summed E-state index contributed by atoms with van der Waals surface area (Å²) in [6, 6.07) is 25.7. The van der Waals surface area contributed by atoms with E-state index in [4.69, 9.17) is 13.3 Å². The maximum atomic E-state index is 13.7. The number of fused-ring (bicyclic) bond motifs is 1. The third kappa shape index (κ3) is 7.03. The lowest BCUT2D eigenvalue weighted by molar-refractivity contribution is -0.137. The van der Waals surface area contributed by atoms with Crippen LogP contribution >= 0.6 is 0 Å². The van der Waals surface area contributed by atoms with Crippen molar-refractivity contribution in [2.75, 3.05) is 25.6 Å². The van der Waals surface area contributed by atoms with Crippen LogP contribution in [0.2, 0.25) is 19.6 Å². The molecule has 0 unspecified atom stereocenters. The van der Waals surface area contributed by atoms with E-state index in [0.717, 1.165) is 42.9 Å². The third-order valence-electron chi connectivity index (χ3n) is 10.5. The largest absolute Gasteiger partial charge is 0.466 e. The molecule has 3 aromatic carbocycles. The highest BCUT2D eigenvalue weighted by atomic mass is 32.2. The summed E-state index contributed by atoms with van der Waals surface area (Å²) in [4.78, 5) is 16.4. The van der Waals surface area contributed by atoms with Gasteiger partial charge >= 0.3 is 5.97 Å². The molecule has 8 nitrogen and oxygen atoms in total. The summed E-state index contributed by atoms with van der Waals surface area (Å²) < 4.78 is 45.6. The molecular formula is C39H50N2O6SSi. The zero-order valence-corrected chi connectivity index (χ0v) is 31.4. The first kappa shape index (κ1) is 35.5. The molecule has 0 saturated carbocycles. The second kappa shape index (κ2) is 13.8. The van der Waals surface area contributed by atoms with Crippen LogP contribution in [0.25, 0.3) is 0 Å². The van der Waals surface area contributed by atoms with Gasteiger partial charge in [-0.05, 0) is 100 Å². The zero-order valence-electron chi connectivity index (χ0n) is 29.6. The first-order valence-corrected chi connectivity index (χ1v) is 22.3. The number of anilines is 1. The van der Waals surface area contributed by atoms with Crippen molar-refractivity contribution in [3.63, 3.8) is 0 Å². The van der Waals surface area contributed by atoms with Crippen LogP contribution < -0.4 is 5.32 Å². The van der Waals surface area contributed by atoms with Gasteiger partial charge in [-0.25, -0.2) is 4.79 Å². The molecular weight excluding hydrogens is 653 g/mol. The molecule has 0 radical (unpaired) electrons. The van der Waals surface area contributed by atoms with Gasteiger partial charge in [-0.1, -0.05) is 73.2 Å². The van der Waals surface area contributed by atoms with Crippen molar-refractivity contribution >= 4 is 30.1 Å². The number of aryl methyl sites for hydroxylation is 1. The Bertz CT molecular complexity index is 1810. The van der Waals surface area contributed by atoms with E-state index in [1.54, 1.807) is 24.3 Å². The third-order valence-corrected chi connectivity index (χ3v) is 12.8. The summed E-state index contributed by atoms with van der Waals surface area (Å²) in [5.41, 5.74) is 4.66. The van der Waals surface area contributed by atoms with Crippen LogP contribution in [0.1, 0.15) is 55.7 Å². The summed E-state index contributed by atoms with van der Waals surface area (Å²) >= 11 is 0. The average molecular weight is 703 g/mol. The number of ether oxygens (including phenoxy) is 1. The molecule has 1 saturated heterocycles. The van der Waals surface area contributed by atoms with Gasteiger partial charge in [-0.15, -0.1) is 0 Å². The molecule has 0 bridgehead atoms. The van der Waals surface area contributed by atoms with Gasteiger partial charge < -0.3 is 14.5 Å². The minimum Gasteiger partial charge on any atom is -0.466 e. The lowest BCUT2D eigenvalue weighted by Gasteiger charge is -2.56. The van der Waals surface area contributed by atoms with Gasteiger partial charge in [0.25, 0.3) is 10.1 Å². The number of hydrogen-bond donors (Lipinski definition) is 1. The van der Waals surface area contributed by atoms with Crippen LogP contribution in [0.15, 0.2) is 95.0 Å². The van der Waals surface area contributed by atoms with E-state index in [-0.39, 0.29) is 29.4 Å². The number of nitrogens with one attached hydrogen (secondary N) is 1. The number of rotatable bonds is 12. The molecule has 3 aromatic rings. The molecule has 1 spiro atoms. The molecule has 6 rings (SSSR count). The molecule has 1 aliphatic carbocycles. The van der Waals surface area contributed by atoms with Crippen LogP contribution in [0, 0.1) is 12.8 Å². The second-order valence-electron chi connectivity index (χ2n) is 14.9. The Morgan fingerprint density at radius 3 is 2.39 bits per heavy atom. The number of carbonyl (C=O) groups excluding carboxylic acids is 1. The zero-order chi connectivity index (χ0) is 35.0. The fraction of sp³-hybridized carbons (Fsp3) is 0.462. The Hall–Kier alpha value is -3.28. The van der Waals surface area contributed by atoms with Gasteiger partial charge in [0.15, 0.2) is 8.32 Å². The number of esters is 1. The molecule has 4 atom stereocenters. The number of piperidine rings is 1. The highest BCUT2D eigenvalue weighted by Crippen LogP contribution is 2.59. The van der Waals surface area contributed by atoms with Gasteiger partial charge in [-0.2, -0.15) is 8.42 Å². The number of para-hydroxylation sites is 1. The van der Waals surface area contributed by atoms with Gasteiger partial charge in [0.05, 0.1) is 35.2 Å². The van der Waals surface area contributed by atoms with E-state index in [0.29, 0.717) is 24.8 Å². The van der Waals surface area contributed by atoms with Gasteiger partial charge in [0.1, 0.15) is 0 Å². The molecule has 1 fully saturated rings. The van der Waals surface area contributed by atoms with Crippen LogP contribution in [-0.4, -0.2) is 59.5 Å². The van der Waals surface area contributed by atoms with E-state index in [1.165, 1.54) is 18.2 Å². The first-order chi connectivity index (χ1) is 23.3. The van der Waals surface area contributed by atoms with E-state index >= 15 is 0 Å². The number of likely N-dealkylation sites (tertiary alicyclic amines) is 1. The molecule has 10 heteroatoms. The fourth-order valence-electron chi connectivity index (χ4n) is 8.63. The molecule has 0 amide bonds. The van der Waals surface area contributed by atoms with Crippen molar-refractivity contribution < 1.29 is 26.6 Å². The SMILES string of the molecule is CC[C@@](COS(=O)(=O)c1ccc(C)cc1)(C[C@H]1CC(C(=O)OC)=C2Nc3ccccc3[C@]23CCCN(Cc2ccccc2)[C@H]13)O[Si](C)(C)C. The van der Waals surface area contributed by atoms with E-state index in [1.807, 2.05) is 19.1 Å². The molecule has 2 heterocycles. The van der Waals surface area contributed by atoms with E-state index in [9.17, 15) is 13.2 Å². The molecule has 3 aliphatic rings. The molecule has 2 aliphatic heterocycles. The summed E-state index contributed by atoms with van der Waals surface area (Å²) in [5.74, 6) is -0.401. The first-order valence-electron chi connectivity index (χ1n) is 17.4. The predicted molar refractivity (Wildman–Crippen MR) is 195 cm³/mol. The predicted octanol–water partition coefficient (Wildman–Crippen LogP) is 7.57. The van der Waals surface area contributed by atoms with Crippen LogP contribution in [0.4, 0.5) is 5.69 Å². The Balaban J connectivity index is 1.46. The average Bonchev–Trinajstić information content (AvgIpc) is 3.40. The smallest absolute Gasteiger partial charge is 0.335 e. The van der Waals surface area contributed by atoms with Crippen molar-refractivity contribution in [1.29, 1.82) is 0 Å². The quantitative estimate of drug-likeness (QED) is 0.117. The molecule has 262 valence electrons. The maximum Gasteiger partial charge on any atom is 0.335 e. The number of hydrogen-bond acceptors (Lipinski definition) is 8. The lowest BCUT2D eigenvalue weighted by atomic mass is 9.57. The Kier molecular flexibility index (Phi) is 10.0. The van der Waals surface area contributed by atoms with Crippen molar-refractivity contribution in [3.8, 4) is 0 Å². The minimum atomic E-state index is -4.04. The number of nitrogens with zero attached hydrogens (tertiary/aromatic N) is 1. The van der Waals surface area contributed by atoms with Gasteiger partial charge in [-0.3, -0.25) is 9.08 Å². The molecule has 0 aromatic heterocycles. The summed E-state index contributed by atoms with van der Waals surface area (Å²) in [6.07, 6.45) is 3.39. The lowest BCUT2D eigenvalue weighted by Crippen LogP contribution is -2.62. The van der Waals surface area contributed by atoms with Crippen molar-refractivity contribution in [2.45, 2.75) is 94.1 Å². The summed E-state index contributed by atoms with van der Waals surface area (Å²) in [6.45, 7) is 11.9. The van der Waals surface area contributed by atoms with Crippen molar-refractivity contribution in [1.82, 2.24) is 4.90 Å². The second-order valence-corrected chi connectivity index (χ2v) is 21.0. The fourth-order valence-corrected chi connectivity index (χ4v) is 11.2. The Morgan fingerprint density at radius 1 is 1.02 bits per heavy atom. The number of benzene rings is 3. The van der Waals surface area contributed by atoms with Crippen molar-refractivity contribution in [2.24, 2.45) is 5.92 Å². The van der Waals surface area contributed by atoms with Gasteiger partial charge in [0, 0.05) is 24.0 Å². The van der Waals surface area contributed by atoms with Crippen molar-refractivity contribution in [3.05, 3.63) is 107 Å². The van der Waals surface area contributed by atoms with Crippen LogP contribution in [-0.2, 0) is 40.2 Å². The maximum absolute atomic E-state index is 13.7. The summed E-state index contributed by atoms with van der Waals surface area (Å²) in [7, 11) is -4.84. The molecule has 1 N–H and O–H groups in total. The van der Waals surface area contributed by atoms with Gasteiger partial charge in [0.2, 0.25) is 0 Å².